The van der Waals surface area contributed by atoms with Crippen LogP contribution >= 0.6 is 27.3 Å². The number of hydrogen-bond donors (Lipinski definition) is 1. The summed E-state index contributed by atoms with van der Waals surface area (Å²) in [5.41, 5.74) is 0.340. The van der Waals surface area contributed by atoms with Gasteiger partial charge in [0.2, 0.25) is 0 Å². The summed E-state index contributed by atoms with van der Waals surface area (Å²) in [7, 11) is 0. The van der Waals surface area contributed by atoms with Gasteiger partial charge in [0.1, 0.15) is 22.3 Å². The molecule has 0 aliphatic rings. The molecule has 3 aromatic rings. The highest BCUT2D eigenvalue weighted by Crippen LogP contribution is 2.38. The molecule has 1 aromatic carbocycles. The lowest BCUT2D eigenvalue weighted by Crippen LogP contribution is -2.13. The molecule has 0 saturated carbocycles. The molecule has 0 unspecified atom stereocenters. The number of anilines is 1. The van der Waals surface area contributed by atoms with E-state index < -0.39 is 11.9 Å². The van der Waals surface area contributed by atoms with E-state index in [9.17, 15) is 14.9 Å². The van der Waals surface area contributed by atoms with Gasteiger partial charge in [-0.3, -0.25) is 4.79 Å². The standard InChI is InChI=1S/C21H16BrN3O5S/c1-3-28-16-10-13(8-14(11-23)20(26)24-18-7-12(2)30-25-18)9-15(22)19(16)29-21(27)17-5-4-6-31-17/h4-10H,3H2,1-2H3,(H,24,25,26)/b14-8-. The van der Waals surface area contributed by atoms with Gasteiger partial charge in [0.05, 0.1) is 11.1 Å². The molecule has 0 aliphatic heterocycles. The molecule has 31 heavy (non-hydrogen) atoms. The molecule has 2 heterocycles. The number of nitrogens with one attached hydrogen (secondary N) is 1. The Morgan fingerprint density at radius 1 is 1.39 bits per heavy atom. The predicted molar refractivity (Wildman–Crippen MR) is 118 cm³/mol. The molecule has 0 spiro atoms. The van der Waals surface area contributed by atoms with E-state index in [2.05, 4.69) is 26.4 Å². The summed E-state index contributed by atoms with van der Waals surface area (Å²) in [6.07, 6.45) is 1.39. The summed E-state index contributed by atoms with van der Waals surface area (Å²) >= 11 is 4.64. The van der Waals surface area contributed by atoms with Gasteiger partial charge in [-0.1, -0.05) is 11.2 Å². The highest BCUT2D eigenvalue weighted by molar-refractivity contribution is 9.10. The van der Waals surface area contributed by atoms with E-state index in [1.807, 2.05) is 6.07 Å². The number of esters is 1. The summed E-state index contributed by atoms with van der Waals surface area (Å²) in [5, 5.41) is 17.4. The maximum absolute atomic E-state index is 12.4. The van der Waals surface area contributed by atoms with E-state index >= 15 is 0 Å². The molecular weight excluding hydrogens is 486 g/mol. The number of amides is 1. The van der Waals surface area contributed by atoms with Crippen molar-refractivity contribution in [1.29, 1.82) is 5.26 Å². The second kappa shape index (κ2) is 10.1. The topological polar surface area (TPSA) is 114 Å². The zero-order valence-corrected chi connectivity index (χ0v) is 18.9. The van der Waals surface area contributed by atoms with Gasteiger partial charge in [-0.15, -0.1) is 11.3 Å². The number of carbonyl (C=O) groups is 2. The Balaban J connectivity index is 1.89. The Bertz CT molecular complexity index is 1180. The highest BCUT2D eigenvalue weighted by atomic mass is 79.9. The number of benzene rings is 1. The Kier molecular flexibility index (Phi) is 7.23. The normalized spacial score (nSPS) is 11.0. The average Bonchev–Trinajstić information content (AvgIpc) is 3.40. The summed E-state index contributed by atoms with van der Waals surface area (Å²) in [6, 6.07) is 10.0. The van der Waals surface area contributed by atoms with Gasteiger partial charge in [0.15, 0.2) is 17.3 Å². The minimum Gasteiger partial charge on any atom is -0.490 e. The zero-order chi connectivity index (χ0) is 22.4. The van der Waals surface area contributed by atoms with Crippen LogP contribution in [0.4, 0.5) is 5.82 Å². The maximum atomic E-state index is 12.4. The van der Waals surface area contributed by atoms with Crippen molar-refractivity contribution < 1.29 is 23.6 Å². The lowest BCUT2D eigenvalue weighted by Gasteiger charge is -2.13. The first-order valence-electron chi connectivity index (χ1n) is 8.99. The molecule has 2 aromatic heterocycles. The van der Waals surface area contributed by atoms with Crippen LogP contribution < -0.4 is 14.8 Å². The van der Waals surface area contributed by atoms with E-state index in [-0.39, 0.29) is 22.9 Å². The van der Waals surface area contributed by atoms with Gasteiger partial charge >= 0.3 is 5.97 Å². The number of thiophene rings is 1. The van der Waals surface area contributed by atoms with Crippen LogP contribution in [0, 0.1) is 18.3 Å². The van der Waals surface area contributed by atoms with Gasteiger partial charge in [-0.2, -0.15) is 5.26 Å². The van der Waals surface area contributed by atoms with Crippen LogP contribution in [-0.4, -0.2) is 23.6 Å². The molecule has 0 radical (unpaired) electrons. The fourth-order valence-electron chi connectivity index (χ4n) is 2.50. The van der Waals surface area contributed by atoms with Crippen LogP contribution in [0.2, 0.25) is 0 Å². The number of halogens is 1. The summed E-state index contributed by atoms with van der Waals surface area (Å²) in [4.78, 5) is 25.2. The molecule has 0 saturated heterocycles. The number of rotatable bonds is 7. The van der Waals surface area contributed by atoms with Crippen LogP contribution in [0.3, 0.4) is 0 Å². The average molecular weight is 502 g/mol. The second-order valence-electron chi connectivity index (χ2n) is 6.08. The summed E-state index contributed by atoms with van der Waals surface area (Å²) < 4.78 is 16.4. The first-order valence-corrected chi connectivity index (χ1v) is 10.7. The van der Waals surface area contributed by atoms with E-state index in [0.717, 1.165) is 0 Å². The summed E-state index contributed by atoms with van der Waals surface area (Å²) in [6.45, 7) is 3.79. The van der Waals surface area contributed by atoms with E-state index in [1.54, 1.807) is 43.5 Å². The number of nitriles is 1. The van der Waals surface area contributed by atoms with Gasteiger partial charge in [-0.25, -0.2) is 4.79 Å². The van der Waals surface area contributed by atoms with Crippen LogP contribution in [0.5, 0.6) is 11.5 Å². The number of ether oxygens (including phenoxy) is 2. The quantitative estimate of drug-likeness (QED) is 0.210. The lowest BCUT2D eigenvalue weighted by atomic mass is 10.1. The molecule has 0 aliphatic carbocycles. The van der Waals surface area contributed by atoms with Crippen LogP contribution in [0.1, 0.15) is 27.9 Å². The first-order chi connectivity index (χ1) is 14.9. The molecular formula is C21H16BrN3O5S. The molecule has 8 nitrogen and oxygen atoms in total. The van der Waals surface area contributed by atoms with Crippen molar-refractivity contribution in [3.8, 4) is 17.6 Å². The zero-order valence-electron chi connectivity index (χ0n) is 16.5. The highest BCUT2D eigenvalue weighted by Gasteiger charge is 2.19. The minimum absolute atomic E-state index is 0.154. The van der Waals surface area contributed by atoms with Gasteiger partial charge < -0.3 is 19.3 Å². The van der Waals surface area contributed by atoms with E-state index in [1.165, 1.54) is 23.5 Å². The van der Waals surface area contributed by atoms with Crippen molar-refractivity contribution in [2.75, 3.05) is 11.9 Å². The Morgan fingerprint density at radius 3 is 2.81 bits per heavy atom. The smallest absolute Gasteiger partial charge is 0.353 e. The Morgan fingerprint density at radius 2 is 2.19 bits per heavy atom. The van der Waals surface area contributed by atoms with Crippen LogP contribution in [0.25, 0.3) is 6.08 Å². The molecule has 0 fully saturated rings. The van der Waals surface area contributed by atoms with E-state index in [4.69, 9.17) is 14.0 Å². The monoisotopic (exact) mass is 501 g/mol. The molecule has 0 atom stereocenters. The SMILES string of the molecule is CCOc1cc(/C=C(/C#N)C(=O)Nc2cc(C)on2)cc(Br)c1OC(=O)c1cccs1. The van der Waals surface area contributed by atoms with Crippen molar-refractivity contribution in [3.63, 3.8) is 0 Å². The molecule has 0 bridgehead atoms. The minimum atomic E-state index is -0.641. The van der Waals surface area contributed by atoms with Gasteiger partial charge in [0, 0.05) is 6.07 Å². The van der Waals surface area contributed by atoms with Crippen molar-refractivity contribution in [3.05, 3.63) is 62.0 Å². The fraction of sp³-hybridized carbons (Fsp3) is 0.143. The predicted octanol–water partition coefficient (Wildman–Crippen LogP) is 4.97. The Labute approximate surface area is 190 Å². The Hall–Kier alpha value is -3.42. The molecule has 1 amide bonds. The number of aryl methyl sites for hydroxylation is 1. The van der Waals surface area contributed by atoms with Crippen LogP contribution in [0.15, 0.2) is 50.3 Å². The third kappa shape index (κ3) is 5.59. The van der Waals surface area contributed by atoms with E-state index in [0.29, 0.717) is 27.3 Å². The first kappa shape index (κ1) is 22.3. The molecule has 10 heteroatoms. The summed E-state index contributed by atoms with van der Waals surface area (Å²) in [5.74, 6) is 0.0701. The van der Waals surface area contributed by atoms with Crippen molar-refractivity contribution >= 4 is 51.0 Å². The van der Waals surface area contributed by atoms with Crippen molar-refractivity contribution in [2.24, 2.45) is 0 Å². The van der Waals surface area contributed by atoms with Crippen molar-refractivity contribution in [1.82, 2.24) is 5.16 Å². The van der Waals surface area contributed by atoms with Gasteiger partial charge in [-0.05, 0) is 65.0 Å². The van der Waals surface area contributed by atoms with Gasteiger partial charge in [0.25, 0.3) is 5.91 Å². The van der Waals surface area contributed by atoms with Crippen LogP contribution in [-0.2, 0) is 4.79 Å². The number of carbonyl (C=O) groups excluding carboxylic acids is 2. The number of aromatic nitrogens is 1. The second-order valence-corrected chi connectivity index (χ2v) is 7.88. The number of nitrogens with zero attached hydrogens (tertiary/aromatic N) is 2. The molecule has 3 rings (SSSR count). The molecule has 158 valence electrons. The van der Waals surface area contributed by atoms with Crippen molar-refractivity contribution in [2.45, 2.75) is 13.8 Å². The third-order valence-corrected chi connectivity index (χ3v) is 5.23. The maximum Gasteiger partial charge on any atom is 0.353 e. The fourth-order valence-corrected chi connectivity index (χ4v) is 3.63. The largest absolute Gasteiger partial charge is 0.490 e. The molecule has 1 N–H and O–H groups in total. The lowest BCUT2D eigenvalue weighted by molar-refractivity contribution is -0.112. The number of hydrogen-bond acceptors (Lipinski definition) is 8. The third-order valence-electron chi connectivity index (χ3n) is 3.79.